The van der Waals surface area contributed by atoms with Crippen LogP contribution in [0.25, 0.3) is 10.2 Å². The highest BCUT2D eigenvalue weighted by atomic mass is 32.1. The van der Waals surface area contributed by atoms with Gasteiger partial charge in [0, 0.05) is 5.69 Å². The van der Waals surface area contributed by atoms with Crippen molar-refractivity contribution in [3.05, 3.63) is 35.9 Å². The molecular formula is C11H11N5S. The van der Waals surface area contributed by atoms with E-state index in [1.54, 1.807) is 22.3 Å². The summed E-state index contributed by atoms with van der Waals surface area (Å²) in [5.74, 6) is 0. The minimum absolute atomic E-state index is 0.0936. The van der Waals surface area contributed by atoms with Gasteiger partial charge in [-0.3, -0.25) is 0 Å². The topological polar surface area (TPSA) is 69.6 Å². The van der Waals surface area contributed by atoms with Crippen molar-refractivity contribution in [2.45, 2.75) is 13.0 Å². The van der Waals surface area contributed by atoms with Gasteiger partial charge in [0.2, 0.25) is 0 Å². The molecule has 5 nitrogen and oxygen atoms in total. The number of hydrogen-bond donors (Lipinski definition) is 1. The Labute approximate surface area is 102 Å². The highest BCUT2D eigenvalue weighted by Crippen LogP contribution is 2.29. The molecule has 2 N–H and O–H groups in total. The Balaban J connectivity index is 2.06. The number of benzene rings is 1. The van der Waals surface area contributed by atoms with E-state index in [0.717, 1.165) is 20.9 Å². The smallest absolute Gasteiger partial charge is 0.137 e. The number of nitrogens with zero attached hydrogens (tertiary/aromatic N) is 4. The summed E-state index contributed by atoms with van der Waals surface area (Å²) in [5, 5.41) is 5.14. The molecule has 0 amide bonds. The van der Waals surface area contributed by atoms with Gasteiger partial charge in [0.1, 0.15) is 23.7 Å². The summed E-state index contributed by atoms with van der Waals surface area (Å²) in [7, 11) is 0. The Bertz CT molecular complexity index is 643. The van der Waals surface area contributed by atoms with E-state index in [0.29, 0.717) is 0 Å². The van der Waals surface area contributed by atoms with Gasteiger partial charge in [-0.2, -0.15) is 5.10 Å². The third-order valence-electron chi connectivity index (χ3n) is 2.62. The van der Waals surface area contributed by atoms with Crippen LogP contribution in [0, 0.1) is 0 Å². The molecule has 6 heteroatoms. The van der Waals surface area contributed by atoms with Gasteiger partial charge in [-0.15, -0.1) is 11.3 Å². The van der Waals surface area contributed by atoms with Gasteiger partial charge in [-0.05, 0) is 25.1 Å². The lowest BCUT2D eigenvalue weighted by molar-refractivity contribution is 0.561. The SMILES string of the molecule is CC(c1nc2ccc(N)cc2s1)n1cncn1. The predicted molar refractivity (Wildman–Crippen MR) is 67.9 cm³/mol. The third-order valence-corrected chi connectivity index (χ3v) is 3.81. The van der Waals surface area contributed by atoms with Gasteiger partial charge >= 0.3 is 0 Å². The van der Waals surface area contributed by atoms with Crippen LogP contribution in [0.2, 0.25) is 0 Å². The molecule has 0 bridgehead atoms. The number of hydrogen-bond acceptors (Lipinski definition) is 5. The van der Waals surface area contributed by atoms with Crippen LogP contribution >= 0.6 is 11.3 Å². The molecule has 0 radical (unpaired) electrons. The van der Waals surface area contributed by atoms with Gasteiger partial charge in [-0.1, -0.05) is 0 Å². The molecule has 17 heavy (non-hydrogen) atoms. The minimum atomic E-state index is 0.0936. The van der Waals surface area contributed by atoms with Crippen molar-refractivity contribution in [3.63, 3.8) is 0 Å². The minimum Gasteiger partial charge on any atom is -0.399 e. The number of thiazole rings is 1. The fraction of sp³-hybridized carbons (Fsp3) is 0.182. The average Bonchev–Trinajstić information content (AvgIpc) is 2.96. The first-order valence-electron chi connectivity index (χ1n) is 5.24. The van der Waals surface area contributed by atoms with Crippen molar-refractivity contribution in [2.75, 3.05) is 5.73 Å². The van der Waals surface area contributed by atoms with Crippen LogP contribution in [0.15, 0.2) is 30.9 Å². The number of nitrogen functional groups attached to an aromatic ring is 1. The quantitative estimate of drug-likeness (QED) is 0.702. The average molecular weight is 245 g/mol. The molecule has 0 aliphatic heterocycles. The normalized spacial score (nSPS) is 13.0. The maximum absolute atomic E-state index is 5.76. The first-order chi connectivity index (χ1) is 8.24. The second-order valence-corrected chi connectivity index (χ2v) is 4.89. The van der Waals surface area contributed by atoms with E-state index in [9.17, 15) is 0 Å². The Morgan fingerprint density at radius 2 is 2.29 bits per heavy atom. The van der Waals surface area contributed by atoms with Crippen molar-refractivity contribution in [1.29, 1.82) is 0 Å². The van der Waals surface area contributed by atoms with Crippen molar-refractivity contribution in [1.82, 2.24) is 19.7 Å². The number of rotatable bonds is 2. The monoisotopic (exact) mass is 245 g/mol. The van der Waals surface area contributed by atoms with E-state index in [1.807, 2.05) is 18.2 Å². The maximum Gasteiger partial charge on any atom is 0.137 e. The summed E-state index contributed by atoms with van der Waals surface area (Å²) in [6.07, 6.45) is 3.23. The summed E-state index contributed by atoms with van der Waals surface area (Å²) in [6, 6.07) is 5.85. The fourth-order valence-electron chi connectivity index (χ4n) is 1.67. The number of anilines is 1. The lowest BCUT2D eigenvalue weighted by atomic mass is 10.3. The number of fused-ring (bicyclic) bond motifs is 1. The van der Waals surface area contributed by atoms with Gasteiger partial charge in [-0.25, -0.2) is 14.6 Å². The van der Waals surface area contributed by atoms with E-state index in [4.69, 9.17) is 5.73 Å². The molecule has 0 aliphatic carbocycles. The molecule has 1 aromatic carbocycles. The zero-order valence-corrected chi connectivity index (χ0v) is 10.1. The molecule has 0 aliphatic rings. The van der Waals surface area contributed by atoms with Gasteiger partial charge in [0.25, 0.3) is 0 Å². The largest absolute Gasteiger partial charge is 0.399 e. The molecule has 2 heterocycles. The second kappa shape index (κ2) is 3.81. The van der Waals surface area contributed by atoms with Crippen molar-refractivity contribution in [2.24, 2.45) is 0 Å². The van der Waals surface area contributed by atoms with Crippen LogP contribution in [-0.2, 0) is 0 Å². The summed E-state index contributed by atoms with van der Waals surface area (Å²) < 4.78 is 2.90. The highest BCUT2D eigenvalue weighted by molar-refractivity contribution is 7.18. The van der Waals surface area contributed by atoms with E-state index in [2.05, 4.69) is 22.0 Å². The molecule has 0 saturated carbocycles. The molecule has 1 unspecified atom stereocenters. The molecule has 86 valence electrons. The molecule has 2 aromatic heterocycles. The van der Waals surface area contributed by atoms with Crippen molar-refractivity contribution in [3.8, 4) is 0 Å². The Morgan fingerprint density at radius 1 is 1.41 bits per heavy atom. The first-order valence-corrected chi connectivity index (χ1v) is 6.06. The Kier molecular flexibility index (Phi) is 2.29. The lowest BCUT2D eigenvalue weighted by Crippen LogP contribution is -2.06. The Morgan fingerprint density at radius 3 is 3.06 bits per heavy atom. The molecule has 0 fully saturated rings. The fourth-order valence-corrected chi connectivity index (χ4v) is 2.73. The molecular weight excluding hydrogens is 234 g/mol. The van der Waals surface area contributed by atoms with E-state index < -0.39 is 0 Å². The first kappa shape index (κ1) is 10.2. The van der Waals surface area contributed by atoms with Crippen LogP contribution in [0.1, 0.15) is 18.0 Å². The lowest BCUT2D eigenvalue weighted by Gasteiger charge is -2.06. The van der Waals surface area contributed by atoms with Crippen LogP contribution in [-0.4, -0.2) is 19.7 Å². The summed E-state index contributed by atoms with van der Waals surface area (Å²) in [6.45, 7) is 2.05. The van der Waals surface area contributed by atoms with Gasteiger partial charge in [0.15, 0.2) is 0 Å². The third kappa shape index (κ3) is 1.76. The molecule has 3 rings (SSSR count). The summed E-state index contributed by atoms with van der Waals surface area (Å²) in [4.78, 5) is 8.53. The Hall–Kier alpha value is -1.95. The van der Waals surface area contributed by atoms with E-state index in [-0.39, 0.29) is 6.04 Å². The molecule has 0 saturated heterocycles. The number of aromatic nitrogens is 4. The van der Waals surface area contributed by atoms with Crippen LogP contribution in [0.5, 0.6) is 0 Å². The highest BCUT2D eigenvalue weighted by Gasteiger charge is 2.13. The zero-order chi connectivity index (χ0) is 11.8. The molecule has 0 spiro atoms. The van der Waals surface area contributed by atoms with E-state index >= 15 is 0 Å². The zero-order valence-electron chi connectivity index (χ0n) is 9.24. The van der Waals surface area contributed by atoms with Gasteiger partial charge < -0.3 is 5.73 Å². The molecule has 1 atom stereocenters. The summed E-state index contributed by atoms with van der Waals surface area (Å²) in [5.41, 5.74) is 7.50. The summed E-state index contributed by atoms with van der Waals surface area (Å²) >= 11 is 1.64. The predicted octanol–water partition coefficient (Wildman–Crippen LogP) is 2.08. The van der Waals surface area contributed by atoms with Crippen molar-refractivity contribution < 1.29 is 0 Å². The van der Waals surface area contributed by atoms with E-state index in [1.165, 1.54) is 6.33 Å². The standard InChI is InChI=1S/C11H11N5S/c1-7(16-6-13-5-14-16)11-15-9-3-2-8(12)4-10(9)17-11/h2-7H,12H2,1H3. The van der Waals surface area contributed by atoms with Crippen molar-refractivity contribution >= 4 is 27.2 Å². The van der Waals surface area contributed by atoms with Crippen LogP contribution in [0.3, 0.4) is 0 Å². The molecule has 3 aromatic rings. The van der Waals surface area contributed by atoms with Crippen LogP contribution in [0.4, 0.5) is 5.69 Å². The maximum atomic E-state index is 5.76. The number of nitrogens with two attached hydrogens (primary N) is 1. The van der Waals surface area contributed by atoms with Gasteiger partial charge in [0.05, 0.1) is 10.2 Å². The van der Waals surface area contributed by atoms with Crippen LogP contribution < -0.4 is 5.73 Å². The second-order valence-electron chi connectivity index (χ2n) is 3.83.